The summed E-state index contributed by atoms with van der Waals surface area (Å²) in [6.45, 7) is 2.45. The van der Waals surface area contributed by atoms with Gasteiger partial charge in [0.25, 0.3) is 0 Å². The Bertz CT molecular complexity index is 152. The Morgan fingerprint density at radius 2 is 1.69 bits per heavy atom. The molecule has 5 nitrogen and oxygen atoms in total. The van der Waals surface area contributed by atoms with E-state index in [0.717, 1.165) is 0 Å². The molecule has 0 aliphatic carbocycles. The van der Waals surface area contributed by atoms with E-state index in [-0.39, 0.29) is 12.0 Å². The third-order valence-corrected chi connectivity index (χ3v) is 4.30. The maximum Gasteiger partial charge on any atom is 0.509 e. The van der Waals surface area contributed by atoms with Crippen LogP contribution in [0, 0.1) is 0 Å². The highest BCUT2D eigenvalue weighted by molar-refractivity contribution is 6.64. The summed E-state index contributed by atoms with van der Waals surface area (Å²) in [6.07, 6.45) is 0. The van der Waals surface area contributed by atoms with E-state index < -0.39 is 8.80 Å². The van der Waals surface area contributed by atoms with E-state index in [4.69, 9.17) is 13.3 Å². The van der Waals surface area contributed by atoms with Crippen molar-refractivity contribution in [2.45, 2.75) is 13.0 Å². The van der Waals surface area contributed by atoms with Crippen LogP contribution in [0.4, 0.5) is 0 Å². The van der Waals surface area contributed by atoms with Crippen molar-refractivity contribution in [1.82, 2.24) is 5.32 Å². The Kier molecular flexibility index (Phi) is 5.88. The van der Waals surface area contributed by atoms with Gasteiger partial charge in [0.05, 0.1) is 6.04 Å². The van der Waals surface area contributed by atoms with Gasteiger partial charge in [-0.1, -0.05) is 0 Å². The predicted molar refractivity (Wildman–Crippen MR) is 50.3 cm³/mol. The number of carbonyl (C=O) groups is 1. The fourth-order valence-corrected chi connectivity index (χ4v) is 2.37. The number of hydrogen-bond donors (Lipinski definition) is 1. The summed E-state index contributed by atoms with van der Waals surface area (Å²) >= 11 is 0. The fraction of sp³-hybridized carbons (Fsp3) is 0.857. The van der Waals surface area contributed by atoms with Crippen LogP contribution in [0.5, 0.6) is 0 Å². The highest BCUT2D eigenvalue weighted by Crippen LogP contribution is 2.11. The van der Waals surface area contributed by atoms with Gasteiger partial charge in [-0.05, 0) is 6.92 Å². The maximum absolute atomic E-state index is 11.2. The zero-order chi connectivity index (χ0) is 10.3. The molecule has 0 spiro atoms. The van der Waals surface area contributed by atoms with Crippen LogP contribution in [-0.2, 0) is 18.1 Å². The molecule has 0 atom stereocenters. The molecule has 0 aliphatic heterocycles. The van der Waals surface area contributed by atoms with Gasteiger partial charge in [-0.3, -0.25) is 4.79 Å². The van der Waals surface area contributed by atoms with Crippen molar-refractivity contribution in [3.63, 3.8) is 0 Å². The summed E-state index contributed by atoms with van der Waals surface area (Å²) in [6, 6.07) is 0.157. The molecular formula is C7H17NO4Si. The lowest BCUT2D eigenvalue weighted by Crippen LogP contribution is -2.46. The SMILES string of the molecule is CCNC(=O)C[Si](OC)(OC)OC. The minimum atomic E-state index is -2.73. The normalized spacial score (nSPS) is 11.4. The van der Waals surface area contributed by atoms with Gasteiger partial charge in [-0.15, -0.1) is 0 Å². The molecular weight excluding hydrogens is 190 g/mol. The number of hydrogen-bond acceptors (Lipinski definition) is 4. The molecule has 0 aromatic rings. The molecule has 0 heterocycles. The second-order valence-electron chi connectivity index (χ2n) is 2.43. The summed E-state index contributed by atoms with van der Waals surface area (Å²) in [7, 11) is 1.72. The largest absolute Gasteiger partial charge is 0.509 e. The highest BCUT2D eigenvalue weighted by atomic mass is 28.4. The minimum Gasteiger partial charge on any atom is -0.377 e. The topological polar surface area (TPSA) is 56.8 Å². The average molecular weight is 207 g/mol. The number of nitrogens with one attached hydrogen (secondary N) is 1. The van der Waals surface area contributed by atoms with E-state index in [2.05, 4.69) is 5.32 Å². The second-order valence-corrected chi connectivity index (χ2v) is 5.37. The van der Waals surface area contributed by atoms with Crippen LogP contribution in [0.15, 0.2) is 0 Å². The van der Waals surface area contributed by atoms with E-state index in [0.29, 0.717) is 6.54 Å². The number of amides is 1. The molecule has 0 aromatic carbocycles. The predicted octanol–water partition coefficient (Wildman–Crippen LogP) is 0.000600. The smallest absolute Gasteiger partial charge is 0.377 e. The monoisotopic (exact) mass is 207 g/mol. The molecule has 0 aliphatic rings. The van der Waals surface area contributed by atoms with Crippen LogP contribution in [-0.4, -0.2) is 42.6 Å². The molecule has 0 aromatic heterocycles. The van der Waals surface area contributed by atoms with Gasteiger partial charge in [-0.2, -0.15) is 0 Å². The van der Waals surface area contributed by atoms with Crippen LogP contribution in [0.1, 0.15) is 6.92 Å². The van der Waals surface area contributed by atoms with Crippen molar-refractivity contribution in [2.75, 3.05) is 27.9 Å². The van der Waals surface area contributed by atoms with Crippen molar-refractivity contribution in [2.24, 2.45) is 0 Å². The minimum absolute atomic E-state index is 0.111. The van der Waals surface area contributed by atoms with E-state index >= 15 is 0 Å². The van der Waals surface area contributed by atoms with Crippen LogP contribution in [0.3, 0.4) is 0 Å². The van der Waals surface area contributed by atoms with Crippen LogP contribution >= 0.6 is 0 Å². The third kappa shape index (κ3) is 3.86. The van der Waals surface area contributed by atoms with Gasteiger partial charge < -0.3 is 18.6 Å². The second kappa shape index (κ2) is 6.09. The van der Waals surface area contributed by atoms with Crippen molar-refractivity contribution in [1.29, 1.82) is 0 Å². The zero-order valence-electron chi connectivity index (χ0n) is 8.55. The Balaban J connectivity index is 4.16. The number of carbonyl (C=O) groups excluding carboxylic acids is 1. The van der Waals surface area contributed by atoms with Gasteiger partial charge in [0, 0.05) is 27.9 Å². The van der Waals surface area contributed by atoms with E-state index in [1.807, 2.05) is 6.92 Å². The summed E-state index contributed by atoms with van der Waals surface area (Å²) in [5.41, 5.74) is 0. The summed E-state index contributed by atoms with van der Waals surface area (Å²) < 4.78 is 15.3. The molecule has 1 N–H and O–H groups in total. The summed E-state index contributed by atoms with van der Waals surface area (Å²) in [4.78, 5) is 11.2. The van der Waals surface area contributed by atoms with Crippen molar-refractivity contribution < 1.29 is 18.1 Å². The van der Waals surface area contributed by atoms with Gasteiger partial charge >= 0.3 is 8.80 Å². The van der Waals surface area contributed by atoms with Gasteiger partial charge in [0.2, 0.25) is 5.91 Å². The standard InChI is InChI=1S/C7H17NO4Si/c1-5-8-7(9)6-13(10-2,11-3)12-4/h5-6H2,1-4H3,(H,8,9). The fourth-order valence-electron chi connectivity index (χ4n) is 0.923. The quantitative estimate of drug-likeness (QED) is 0.623. The molecule has 1 amide bonds. The van der Waals surface area contributed by atoms with Crippen molar-refractivity contribution in [3.8, 4) is 0 Å². The maximum atomic E-state index is 11.2. The molecule has 0 saturated carbocycles. The zero-order valence-corrected chi connectivity index (χ0v) is 9.55. The van der Waals surface area contributed by atoms with Gasteiger partial charge in [0.15, 0.2) is 0 Å². The molecule has 6 heteroatoms. The Morgan fingerprint density at radius 1 is 1.23 bits per heavy atom. The van der Waals surface area contributed by atoms with Crippen molar-refractivity contribution >= 4 is 14.7 Å². The van der Waals surface area contributed by atoms with Crippen LogP contribution < -0.4 is 5.32 Å². The lowest BCUT2D eigenvalue weighted by molar-refractivity contribution is -0.119. The molecule has 0 bridgehead atoms. The Morgan fingerprint density at radius 3 is 2.00 bits per heavy atom. The van der Waals surface area contributed by atoms with E-state index in [9.17, 15) is 4.79 Å². The van der Waals surface area contributed by atoms with Crippen LogP contribution in [0.2, 0.25) is 6.04 Å². The molecule has 78 valence electrons. The molecule has 0 radical (unpaired) electrons. The summed E-state index contributed by atoms with van der Waals surface area (Å²) in [5.74, 6) is -0.111. The summed E-state index contributed by atoms with van der Waals surface area (Å²) in [5, 5.41) is 2.66. The first kappa shape index (κ1) is 12.6. The molecule has 13 heavy (non-hydrogen) atoms. The highest BCUT2D eigenvalue weighted by Gasteiger charge is 2.40. The van der Waals surface area contributed by atoms with Gasteiger partial charge in [0.1, 0.15) is 0 Å². The van der Waals surface area contributed by atoms with Crippen LogP contribution in [0.25, 0.3) is 0 Å². The Labute approximate surface area is 79.7 Å². The van der Waals surface area contributed by atoms with Crippen molar-refractivity contribution in [3.05, 3.63) is 0 Å². The van der Waals surface area contributed by atoms with E-state index in [1.165, 1.54) is 21.3 Å². The first-order valence-electron chi connectivity index (χ1n) is 4.06. The third-order valence-electron chi connectivity index (χ3n) is 1.68. The Hall–Kier alpha value is -0.433. The van der Waals surface area contributed by atoms with E-state index in [1.54, 1.807) is 0 Å². The average Bonchev–Trinajstić information content (AvgIpc) is 2.15. The molecule has 0 saturated heterocycles. The lowest BCUT2D eigenvalue weighted by Gasteiger charge is -2.23. The lowest BCUT2D eigenvalue weighted by atomic mass is 10.6. The first-order chi connectivity index (χ1) is 6.14. The molecule has 0 fully saturated rings. The molecule has 0 unspecified atom stereocenters. The number of rotatable bonds is 6. The first-order valence-corrected chi connectivity index (χ1v) is 5.99. The van der Waals surface area contributed by atoms with Gasteiger partial charge in [-0.25, -0.2) is 0 Å². The molecule has 0 rings (SSSR count).